The Kier molecular flexibility index (Phi) is 5.17. The fourth-order valence-electron chi connectivity index (χ4n) is 3.35. The minimum absolute atomic E-state index is 0.00530. The Hall–Kier alpha value is -3.05. The van der Waals surface area contributed by atoms with Gasteiger partial charge in [-0.3, -0.25) is 9.79 Å². The van der Waals surface area contributed by atoms with Crippen molar-refractivity contribution in [2.75, 3.05) is 25.0 Å². The van der Waals surface area contributed by atoms with Gasteiger partial charge in [0.25, 0.3) is 5.91 Å². The van der Waals surface area contributed by atoms with Gasteiger partial charge >= 0.3 is 0 Å². The molecule has 0 aliphatic carbocycles. The van der Waals surface area contributed by atoms with Gasteiger partial charge in [0.15, 0.2) is 0 Å². The third-order valence-corrected chi connectivity index (χ3v) is 5.17. The summed E-state index contributed by atoms with van der Waals surface area (Å²) in [4.78, 5) is 19.3. The van der Waals surface area contributed by atoms with Crippen LogP contribution in [-0.4, -0.2) is 37.8 Å². The van der Waals surface area contributed by atoms with Gasteiger partial charge in [-0.2, -0.15) is 0 Å². The van der Waals surface area contributed by atoms with Gasteiger partial charge in [-0.15, -0.1) is 0 Å². The van der Waals surface area contributed by atoms with Gasteiger partial charge in [0.2, 0.25) is 0 Å². The van der Waals surface area contributed by atoms with E-state index in [9.17, 15) is 4.79 Å². The SMILES string of the molecule is CN1c2cc(Cl)ccc2C(c2ccccc2)=NCC1CNC(=O)c1ccoc1. The molecule has 0 bridgehead atoms. The number of carbonyl (C=O) groups excluding carboxylic acids is 1. The summed E-state index contributed by atoms with van der Waals surface area (Å²) in [6.07, 6.45) is 2.92. The summed E-state index contributed by atoms with van der Waals surface area (Å²) in [6, 6.07) is 17.6. The monoisotopic (exact) mass is 393 g/mol. The molecule has 5 nitrogen and oxygen atoms in total. The van der Waals surface area contributed by atoms with Crippen molar-refractivity contribution in [3.05, 3.63) is 88.8 Å². The Labute approximate surface area is 168 Å². The van der Waals surface area contributed by atoms with E-state index in [1.54, 1.807) is 6.07 Å². The van der Waals surface area contributed by atoms with E-state index >= 15 is 0 Å². The molecule has 1 atom stereocenters. The second kappa shape index (κ2) is 7.90. The van der Waals surface area contributed by atoms with Crippen LogP contribution >= 0.6 is 11.6 Å². The molecular formula is C22H20ClN3O2. The van der Waals surface area contributed by atoms with Crippen molar-refractivity contribution in [1.29, 1.82) is 0 Å². The fourth-order valence-corrected chi connectivity index (χ4v) is 3.51. The number of nitrogens with zero attached hydrogens (tertiary/aromatic N) is 2. The second-order valence-electron chi connectivity index (χ2n) is 6.70. The van der Waals surface area contributed by atoms with Gasteiger partial charge in [-0.1, -0.05) is 41.9 Å². The lowest BCUT2D eigenvalue weighted by Gasteiger charge is -2.29. The summed E-state index contributed by atoms with van der Waals surface area (Å²) in [5, 5.41) is 3.64. The summed E-state index contributed by atoms with van der Waals surface area (Å²) in [6.45, 7) is 1.01. The van der Waals surface area contributed by atoms with Gasteiger partial charge in [0.05, 0.1) is 30.1 Å². The minimum Gasteiger partial charge on any atom is -0.472 e. The first-order valence-electron chi connectivity index (χ1n) is 9.06. The molecule has 0 fully saturated rings. The van der Waals surface area contributed by atoms with Crippen molar-refractivity contribution in [1.82, 2.24) is 5.32 Å². The lowest BCUT2D eigenvalue weighted by atomic mass is 10.0. The van der Waals surface area contributed by atoms with Crippen LogP contribution < -0.4 is 10.2 Å². The van der Waals surface area contributed by atoms with Crippen LogP contribution in [0.15, 0.2) is 76.5 Å². The van der Waals surface area contributed by atoms with Crippen molar-refractivity contribution < 1.29 is 9.21 Å². The first kappa shape index (κ1) is 18.3. The van der Waals surface area contributed by atoms with E-state index < -0.39 is 0 Å². The molecule has 28 heavy (non-hydrogen) atoms. The van der Waals surface area contributed by atoms with Crippen molar-refractivity contribution in [2.24, 2.45) is 4.99 Å². The largest absolute Gasteiger partial charge is 0.472 e. The number of nitrogens with one attached hydrogen (secondary N) is 1. The first-order chi connectivity index (χ1) is 13.6. The maximum absolute atomic E-state index is 12.3. The number of fused-ring (bicyclic) bond motifs is 1. The zero-order valence-corrected chi connectivity index (χ0v) is 16.2. The normalized spacial score (nSPS) is 16.1. The number of anilines is 1. The molecule has 142 valence electrons. The fraction of sp³-hybridized carbons (Fsp3) is 0.182. The summed E-state index contributed by atoms with van der Waals surface area (Å²) in [7, 11) is 2.01. The van der Waals surface area contributed by atoms with Crippen LogP contribution in [0.25, 0.3) is 0 Å². The van der Waals surface area contributed by atoms with E-state index in [0.717, 1.165) is 22.5 Å². The lowest BCUT2D eigenvalue weighted by Crippen LogP contribution is -2.43. The highest BCUT2D eigenvalue weighted by molar-refractivity contribution is 6.31. The number of furan rings is 1. The molecular weight excluding hydrogens is 374 g/mol. The number of halogens is 1. The Morgan fingerprint density at radius 3 is 2.82 bits per heavy atom. The van der Waals surface area contributed by atoms with Crippen LogP contribution in [0.2, 0.25) is 5.02 Å². The Morgan fingerprint density at radius 2 is 2.07 bits per heavy atom. The van der Waals surface area contributed by atoms with Crippen molar-refractivity contribution in [2.45, 2.75) is 6.04 Å². The van der Waals surface area contributed by atoms with E-state index in [1.165, 1.54) is 12.5 Å². The number of hydrogen-bond donors (Lipinski definition) is 1. The third kappa shape index (κ3) is 3.66. The van der Waals surface area contributed by atoms with Gasteiger partial charge in [0.1, 0.15) is 6.26 Å². The number of likely N-dealkylation sites (N-methyl/N-ethyl adjacent to an activating group) is 1. The highest BCUT2D eigenvalue weighted by Crippen LogP contribution is 2.30. The van der Waals surface area contributed by atoms with Gasteiger partial charge in [0, 0.05) is 35.4 Å². The second-order valence-corrected chi connectivity index (χ2v) is 7.14. The lowest BCUT2D eigenvalue weighted by molar-refractivity contribution is 0.0951. The van der Waals surface area contributed by atoms with E-state index in [1.807, 2.05) is 43.4 Å². The van der Waals surface area contributed by atoms with Crippen LogP contribution in [0.3, 0.4) is 0 Å². The quantitative estimate of drug-likeness (QED) is 0.728. The Morgan fingerprint density at radius 1 is 1.25 bits per heavy atom. The Balaban J connectivity index is 1.64. The Bertz CT molecular complexity index is 1000. The van der Waals surface area contributed by atoms with E-state index in [2.05, 4.69) is 22.3 Å². The number of carbonyl (C=O) groups is 1. The minimum atomic E-state index is -0.162. The van der Waals surface area contributed by atoms with Crippen LogP contribution in [0, 0.1) is 0 Å². The topological polar surface area (TPSA) is 57.8 Å². The molecule has 0 radical (unpaired) electrons. The average Bonchev–Trinajstić information content (AvgIpc) is 3.22. The molecule has 3 aromatic rings. The summed E-state index contributed by atoms with van der Waals surface area (Å²) < 4.78 is 4.98. The van der Waals surface area contributed by atoms with E-state index in [0.29, 0.717) is 23.7 Å². The summed E-state index contributed by atoms with van der Waals surface area (Å²) >= 11 is 6.29. The first-order valence-corrected chi connectivity index (χ1v) is 9.44. The molecule has 1 unspecified atom stereocenters. The summed E-state index contributed by atoms with van der Waals surface area (Å²) in [5.74, 6) is -0.162. The van der Waals surface area contributed by atoms with E-state index in [4.69, 9.17) is 21.0 Å². The van der Waals surface area contributed by atoms with Crippen LogP contribution in [0.4, 0.5) is 5.69 Å². The number of benzodiazepines with no additional fused rings is 1. The zero-order valence-electron chi connectivity index (χ0n) is 15.4. The van der Waals surface area contributed by atoms with Gasteiger partial charge < -0.3 is 14.6 Å². The highest BCUT2D eigenvalue weighted by Gasteiger charge is 2.25. The van der Waals surface area contributed by atoms with Crippen LogP contribution in [0.1, 0.15) is 21.5 Å². The maximum Gasteiger partial charge on any atom is 0.254 e. The molecule has 1 aliphatic rings. The number of rotatable bonds is 4. The van der Waals surface area contributed by atoms with Gasteiger partial charge in [-0.25, -0.2) is 0 Å². The number of amides is 1. The number of benzene rings is 2. The molecule has 2 heterocycles. The van der Waals surface area contributed by atoms with E-state index in [-0.39, 0.29) is 11.9 Å². The molecule has 1 N–H and O–H groups in total. The van der Waals surface area contributed by atoms with Gasteiger partial charge in [-0.05, 0) is 24.3 Å². The highest BCUT2D eigenvalue weighted by atomic mass is 35.5. The number of aliphatic imine (C=N–C) groups is 1. The summed E-state index contributed by atoms with van der Waals surface area (Å²) in [5.41, 5.74) is 4.52. The van der Waals surface area contributed by atoms with Crippen molar-refractivity contribution in [3.63, 3.8) is 0 Å². The molecule has 2 aromatic carbocycles. The number of hydrogen-bond acceptors (Lipinski definition) is 4. The van der Waals surface area contributed by atoms with Crippen LogP contribution in [-0.2, 0) is 0 Å². The predicted molar refractivity (Wildman–Crippen MR) is 112 cm³/mol. The van der Waals surface area contributed by atoms with Crippen LogP contribution in [0.5, 0.6) is 0 Å². The average molecular weight is 394 g/mol. The van der Waals surface area contributed by atoms with Crippen molar-refractivity contribution in [3.8, 4) is 0 Å². The molecule has 1 amide bonds. The smallest absolute Gasteiger partial charge is 0.254 e. The molecule has 4 rings (SSSR count). The molecule has 0 saturated carbocycles. The third-order valence-electron chi connectivity index (χ3n) is 4.93. The molecule has 1 aromatic heterocycles. The standard InChI is InChI=1S/C22H20ClN3O2/c1-26-18(13-25-22(27)16-9-10-28-14-16)12-24-21(15-5-3-2-4-6-15)19-8-7-17(23)11-20(19)26/h2-11,14,18H,12-13H2,1H3,(H,25,27). The maximum atomic E-state index is 12.3. The molecule has 0 spiro atoms. The zero-order chi connectivity index (χ0) is 19.5. The molecule has 0 saturated heterocycles. The van der Waals surface area contributed by atoms with Crippen molar-refractivity contribution >= 4 is 28.9 Å². The molecule has 1 aliphatic heterocycles. The molecule has 6 heteroatoms. The predicted octanol–water partition coefficient (Wildman–Crippen LogP) is 4.02.